The van der Waals surface area contributed by atoms with Crippen molar-refractivity contribution in [3.63, 3.8) is 0 Å². The van der Waals surface area contributed by atoms with Crippen molar-refractivity contribution >= 4 is 22.6 Å². The van der Waals surface area contributed by atoms with E-state index in [1.165, 1.54) is 6.20 Å². The molecule has 1 N–H and O–H groups in total. The molecule has 6 heteroatoms. The Morgan fingerprint density at radius 1 is 1.30 bits per heavy atom. The molecular formula is C21H23N3O3. The van der Waals surface area contributed by atoms with Crippen molar-refractivity contribution in [3.05, 3.63) is 39.7 Å². The molecule has 140 valence electrons. The van der Waals surface area contributed by atoms with E-state index in [2.05, 4.69) is 22.6 Å². The molecule has 3 heterocycles. The molecule has 1 fully saturated rings. The van der Waals surface area contributed by atoms with E-state index in [0.717, 1.165) is 55.8 Å². The molecule has 0 bridgehead atoms. The van der Waals surface area contributed by atoms with Gasteiger partial charge in [-0.2, -0.15) is 0 Å². The lowest BCUT2D eigenvalue weighted by molar-refractivity contribution is 0.0694. The Kier molecular flexibility index (Phi) is 4.40. The van der Waals surface area contributed by atoms with Gasteiger partial charge in [-0.15, -0.1) is 6.42 Å². The summed E-state index contributed by atoms with van der Waals surface area (Å²) in [6.45, 7) is 6.38. The van der Waals surface area contributed by atoms with Crippen LogP contribution in [0.25, 0.3) is 10.9 Å². The molecule has 27 heavy (non-hydrogen) atoms. The summed E-state index contributed by atoms with van der Waals surface area (Å²) in [5.41, 5.74) is 2.66. The number of hydrogen-bond donors (Lipinski definition) is 1. The Balaban J connectivity index is 1.82. The van der Waals surface area contributed by atoms with E-state index in [1.807, 2.05) is 10.6 Å². The molecule has 4 rings (SSSR count). The van der Waals surface area contributed by atoms with Crippen molar-refractivity contribution in [2.24, 2.45) is 0 Å². The lowest BCUT2D eigenvalue weighted by Crippen LogP contribution is -2.46. The fourth-order valence-electron chi connectivity index (χ4n) is 4.32. The molecule has 1 aromatic heterocycles. The van der Waals surface area contributed by atoms with Crippen molar-refractivity contribution < 1.29 is 9.90 Å². The molecule has 0 saturated carbocycles. The van der Waals surface area contributed by atoms with Gasteiger partial charge in [0.25, 0.3) is 0 Å². The van der Waals surface area contributed by atoms with E-state index in [1.54, 1.807) is 6.07 Å². The Morgan fingerprint density at radius 3 is 2.70 bits per heavy atom. The number of aromatic carboxylic acids is 1. The van der Waals surface area contributed by atoms with E-state index in [4.69, 9.17) is 6.42 Å². The number of rotatable bonds is 3. The monoisotopic (exact) mass is 365 g/mol. The molecule has 2 aliphatic heterocycles. The van der Waals surface area contributed by atoms with Gasteiger partial charge in [-0.25, -0.2) is 4.79 Å². The molecule has 2 aromatic rings. The minimum atomic E-state index is -1.17. The van der Waals surface area contributed by atoms with Gasteiger partial charge in [-0.05, 0) is 37.5 Å². The predicted molar refractivity (Wildman–Crippen MR) is 106 cm³/mol. The molecule has 6 nitrogen and oxygen atoms in total. The van der Waals surface area contributed by atoms with Crippen LogP contribution < -0.4 is 10.3 Å². The van der Waals surface area contributed by atoms with Crippen LogP contribution in [0.3, 0.4) is 0 Å². The average molecular weight is 365 g/mol. The van der Waals surface area contributed by atoms with Crippen LogP contribution in [-0.4, -0.2) is 53.3 Å². The summed E-state index contributed by atoms with van der Waals surface area (Å²) in [5.74, 6) is 1.53. The first-order valence-electron chi connectivity index (χ1n) is 9.36. The maximum Gasteiger partial charge on any atom is 0.341 e. The summed E-state index contributed by atoms with van der Waals surface area (Å²) in [7, 11) is 0. The molecule has 0 aliphatic carbocycles. The van der Waals surface area contributed by atoms with Gasteiger partial charge < -0.3 is 14.6 Å². The molecule has 1 saturated heterocycles. The smallest absolute Gasteiger partial charge is 0.341 e. The van der Waals surface area contributed by atoms with Crippen LogP contribution in [0, 0.1) is 12.3 Å². The van der Waals surface area contributed by atoms with Gasteiger partial charge in [0, 0.05) is 49.5 Å². The number of aryl methyl sites for hydroxylation is 1. The Morgan fingerprint density at radius 2 is 2.04 bits per heavy atom. The highest BCUT2D eigenvalue weighted by Gasteiger charge is 2.27. The van der Waals surface area contributed by atoms with Crippen molar-refractivity contribution in [3.8, 4) is 12.3 Å². The highest BCUT2D eigenvalue weighted by Crippen LogP contribution is 2.36. The molecule has 0 amide bonds. The maximum absolute atomic E-state index is 12.7. The number of terminal acetylenes is 1. The number of aromatic nitrogens is 1. The molecule has 1 aromatic carbocycles. The molecular weight excluding hydrogens is 342 g/mol. The van der Waals surface area contributed by atoms with Gasteiger partial charge >= 0.3 is 5.97 Å². The number of anilines is 1. The van der Waals surface area contributed by atoms with Gasteiger partial charge in [0.15, 0.2) is 0 Å². The Bertz CT molecular complexity index is 1010. The predicted octanol–water partition coefficient (Wildman–Crippen LogP) is 1.96. The van der Waals surface area contributed by atoms with E-state index in [0.29, 0.717) is 11.9 Å². The number of carboxylic acid groups (broad SMARTS) is 1. The summed E-state index contributed by atoms with van der Waals surface area (Å²) >= 11 is 0. The van der Waals surface area contributed by atoms with Crippen LogP contribution in [0.2, 0.25) is 0 Å². The Hall–Kier alpha value is -2.78. The number of piperazine rings is 1. The fourth-order valence-corrected chi connectivity index (χ4v) is 4.32. The lowest BCUT2D eigenvalue weighted by Gasteiger charge is -2.38. The van der Waals surface area contributed by atoms with Crippen LogP contribution in [0.5, 0.6) is 0 Å². The average Bonchev–Trinajstić information content (AvgIpc) is 2.66. The first-order valence-corrected chi connectivity index (χ1v) is 9.36. The van der Waals surface area contributed by atoms with E-state index >= 15 is 0 Å². The zero-order chi connectivity index (χ0) is 19.1. The van der Waals surface area contributed by atoms with Crippen molar-refractivity contribution in [2.45, 2.75) is 25.8 Å². The Labute approximate surface area is 158 Å². The quantitative estimate of drug-likeness (QED) is 0.843. The standard InChI is InChI=1S/C21H23N3O3/c1-3-8-22-9-11-23(12-10-22)18-7-6-16-19-15(18)5-4-14(2)24(19)13-17(20(16)25)21(26)27/h1,6-7,13-14H,4-5,8-12H2,2H3,(H,26,27). The van der Waals surface area contributed by atoms with E-state index in [-0.39, 0.29) is 11.6 Å². The molecule has 1 atom stereocenters. The van der Waals surface area contributed by atoms with Crippen LogP contribution in [0.4, 0.5) is 5.69 Å². The fraction of sp³-hybridized carbons (Fsp3) is 0.429. The third-order valence-corrected chi connectivity index (χ3v) is 5.82. The number of benzene rings is 1. The van der Waals surface area contributed by atoms with E-state index < -0.39 is 11.4 Å². The second-order valence-electron chi connectivity index (χ2n) is 7.40. The summed E-state index contributed by atoms with van der Waals surface area (Å²) in [4.78, 5) is 28.8. The van der Waals surface area contributed by atoms with Gasteiger partial charge in [0.1, 0.15) is 5.56 Å². The number of hydrogen-bond acceptors (Lipinski definition) is 4. The van der Waals surface area contributed by atoms with Crippen molar-refractivity contribution in [2.75, 3.05) is 37.6 Å². The normalized spacial score (nSPS) is 19.9. The minimum Gasteiger partial charge on any atom is -0.477 e. The largest absolute Gasteiger partial charge is 0.477 e. The number of carboxylic acids is 1. The summed E-state index contributed by atoms with van der Waals surface area (Å²) in [5, 5.41) is 9.91. The summed E-state index contributed by atoms with van der Waals surface area (Å²) in [6.07, 6.45) is 8.76. The second-order valence-corrected chi connectivity index (χ2v) is 7.40. The van der Waals surface area contributed by atoms with E-state index in [9.17, 15) is 14.7 Å². The maximum atomic E-state index is 12.7. The van der Waals surface area contributed by atoms with Gasteiger partial charge in [0.2, 0.25) is 5.43 Å². The topological polar surface area (TPSA) is 65.8 Å². The third kappa shape index (κ3) is 2.88. The number of nitrogens with zero attached hydrogens (tertiary/aromatic N) is 3. The second kappa shape index (κ2) is 6.75. The summed E-state index contributed by atoms with van der Waals surface area (Å²) in [6, 6.07) is 3.95. The van der Waals surface area contributed by atoms with Crippen LogP contribution in [-0.2, 0) is 6.42 Å². The number of carbonyl (C=O) groups is 1. The molecule has 0 spiro atoms. The van der Waals surface area contributed by atoms with Gasteiger partial charge in [-0.1, -0.05) is 5.92 Å². The minimum absolute atomic E-state index is 0.155. The highest BCUT2D eigenvalue weighted by atomic mass is 16.4. The van der Waals surface area contributed by atoms with Gasteiger partial charge in [0.05, 0.1) is 12.1 Å². The third-order valence-electron chi connectivity index (χ3n) is 5.82. The zero-order valence-electron chi connectivity index (χ0n) is 15.4. The first kappa shape index (κ1) is 17.6. The van der Waals surface area contributed by atoms with Crippen LogP contribution in [0.1, 0.15) is 35.3 Å². The lowest BCUT2D eigenvalue weighted by atomic mass is 9.94. The van der Waals surface area contributed by atoms with Crippen LogP contribution in [0.15, 0.2) is 23.1 Å². The zero-order valence-corrected chi connectivity index (χ0v) is 15.4. The SMILES string of the molecule is C#CCN1CCN(c2ccc3c(=O)c(C(=O)O)cn4c3c2CCC4C)CC1. The number of pyridine rings is 1. The summed E-state index contributed by atoms with van der Waals surface area (Å²) < 4.78 is 1.98. The molecule has 0 radical (unpaired) electrons. The van der Waals surface area contributed by atoms with Gasteiger partial charge in [-0.3, -0.25) is 9.69 Å². The van der Waals surface area contributed by atoms with Crippen molar-refractivity contribution in [1.29, 1.82) is 0 Å². The highest BCUT2D eigenvalue weighted by molar-refractivity contribution is 5.95. The van der Waals surface area contributed by atoms with Crippen LogP contribution >= 0.6 is 0 Å². The molecule has 2 aliphatic rings. The van der Waals surface area contributed by atoms with Crippen molar-refractivity contribution in [1.82, 2.24) is 9.47 Å². The first-order chi connectivity index (χ1) is 13.0. The molecule has 1 unspecified atom stereocenters.